The average molecular weight is 375 g/mol. The number of ether oxygens (including phenoxy) is 2. The van der Waals surface area contributed by atoms with Gasteiger partial charge in [-0.25, -0.2) is 0 Å². The molecule has 25 heavy (non-hydrogen) atoms. The molecule has 0 aliphatic rings. The number of rotatable bonds is 18. The van der Waals surface area contributed by atoms with Gasteiger partial charge in [0.2, 0.25) is 0 Å². The maximum Gasteiger partial charge on any atom is 0.171 e. The van der Waals surface area contributed by atoms with Gasteiger partial charge in [-0.3, -0.25) is 0 Å². The molecule has 0 bridgehead atoms. The molecule has 0 radical (unpaired) electrons. The van der Waals surface area contributed by atoms with Gasteiger partial charge in [-0.2, -0.15) is 0 Å². The van der Waals surface area contributed by atoms with Crippen molar-refractivity contribution in [2.45, 2.75) is 105 Å². The van der Waals surface area contributed by atoms with E-state index in [1.807, 2.05) is 0 Å². The third-order valence-corrected chi connectivity index (χ3v) is 6.40. The summed E-state index contributed by atoms with van der Waals surface area (Å²) in [5.41, 5.74) is 0. The van der Waals surface area contributed by atoms with Crippen molar-refractivity contribution in [3.63, 3.8) is 0 Å². The van der Waals surface area contributed by atoms with Gasteiger partial charge in [0.25, 0.3) is 0 Å². The van der Waals surface area contributed by atoms with Gasteiger partial charge in [0.05, 0.1) is 0 Å². The van der Waals surface area contributed by atoms with Crippen LogP contribution in [0.1, 0.15) is 98.8 Å². The highest BCUT2D eigenvalue weighted by molar-refractivity contribution is 7.36. The Kier molecular flexibility index (Phi) is 16.7. The van der Waals surface area contributed by atoms with E-state index in [1.54, 1.807) is 0 Å². The Balaban J connectivity index is 5.08. The molecule has 0 saturated carbocycles. The first kappa shape index (κ1) is 25.4. The average Bonchev–Trinajstić information content (AvgIpc) is 2.62. The van der Waals surface area contributed by atoms with Gasteiger partial charge in [0.1, 0.15) is 0 Å². The molecule has 0 spiro atoms. The second-order valence-corrected chi connectivity index (χ2v) is 8.46. The molecule has 0 aromatic heterocycles. The van der Waals surface area contributed by atoms with Crippen molar-refractivity contribution in [3.8, 4) is 0 Å². The predicted molar refractivity (Wildman–Crippen MR) is 115 cm³/mol. The van der Waals surface area contributed by atoms with E-state index < -0.39 is 0 Å². The number of hydrogen-bond donors (Lipinski definition) is 0. The highest BCUT2D eigenvalue weighted by Gasteiger charge is 2.42. The monoisotopic (exact) mass is 374 g/mol. The summed E-state index contributed by atoms with van der Waals surface area (Å²) in [5, 5.41) is 0. The van der Waals surface area contributed by atoms with Gasteiger partial charge in [0, 0.05) is 19.1 Å². The Bertz CT molecular complexity index is 277. The van der Waals surface area contributed by atoms with Crippen molar-refractivity contribution in [3.05, 3.63) is 0 Å². The summed E-state index contributed by atoms with van der Waals surface area (Å²) < 4.78 is 12.6. The Morgan fingerprint density at radius 1 is 0.800 bits per heavy atom. The first-order valence-corrected chi connectivity index (χ1v) is 12.8. The molecule has 3 atom stereocenters. The fraction of sp³-hybridized carbons (Fsp3) is 1.00. The summed E-state index contributed by atoms with van der Waals surface area (Å²) in [6.07, 6.45) is 14.3. The molecular weight excluding hydrogens is 327 g/mol. The molecule has 0 heterocycles. The highest BCUT2D eigenvalue weighted by atomic mass is 31.1. The Morgan fingerprint density at radius 3 is 1.92 bits per heavy atom. The Morgan fingerprint density at radius 2 is 1.44 bits per heavy atom. The third kappa shape index (κ3) is 9.73. The fourth-order valence-corrected chi connectivity index (χ4v) is 4.78. The van der Waals surface area contributed by atoms with Crippen molar-refractivity contribution in [2.75, 3.05) is 26.0 Å². The van der Waals surface area contributed by atoms with E-state index in [0.717, 1.165) is 34.1 Å². The maximum atomic E-state index is 6.32. The van der Waals surface area contributed by atoms with Crippen LogP contribution in [0.2, 0.25) is 0 Å². The minimum atomic E-state index is -0.371. The molecule has 0 rings (SSSR count). The van der Waals surface area contributed by atoms with E-state index in [1.165, 1.54) is 63.9 Å². The van der Waals surface area contributed by atoms with Gasteiger partial charge in [-0.15, -0.1) is 8.58 Å². The largest absolute Gasteiger partial charge is 0.350 e. The SMILES string of the molecule is CCCCCCCC(CC)C(CCCPC)C(CC)(OCC)OCC. The number of hydrogen-bond acceptors (Lipinski definition) is 2. The zero-order valence-electron chi connectivity index (χ0n) is 18.2. The normalized spacial score (nSPS) is 15.1. The van der Waals surface area contributed by atoms with Crippen LogP contribution in [0.3, 0.4) is 0 Å². The van der Waals surface area contributed by atoms with Crippen molar-refractivity contribution in [2.24, 2.45) is 11.8 Å². The van der Waals surface area contributed by atoms with Crippen LogP contribution in [0.25, 0.3) is 0 Å². The number of unbranched alkanes of at least 4 members (excludes halogenated alkanes) is 4. The molecule has 0 N–H and O–H groups in total. The molecule has 0 saturated heterocycles. The second kappa shape index (κ2) is 16.5. The van der Waals surface area contributed by atoms with Crippen LogP contribution in [0, 0.1) is 11.8 Å². The summed E-state index contributed by atoms with van der Waals surface area (Å²) in [7, 11) is 1.06. The van der Waals surface area contributed by atoms with Crippen LogP contribution in [0.5, 0.6) is 0 Å². The van der Waals surface area contributed by atoms with Gasteiger partial charge in [-0.05, 0) is 58.3 Å². The summed E-state index contributed by atoms with van der Waals surface area (Å²) in [6, 6.07) is 0. The van der Waals surface area contributed by atoms with E-state index in [9.17, 15) is 0 Å². The molecule has 0 fully saturated rings. The van der Waals surface area contributed by atoms with E-state index in [-0.39, 0.29) is 5.79 Å². The molecule has 2 nitrogen and oxygen atoms in total. The minimum absolute atomic E-state index is 0.371. The lowest BCUT2D eigenvalue weighted by Crippen LogP contribution is -2.46. The van der Waals surface area contributed by atoms with Crippen LogP contribution in [0.4, 0.5) is 0 Å². The smallest absolute Gasteiger partial charge is 0.171 e. The lowest BCUT2D eigenvalue weighted by Gasteiger charge is -2.43. The first-order valence-electron chi connectivity index (χ1n) is 11.1. The van der Waals surface area contributed by atoms with E-state index in [4.69, 9.17) is 9.47 Å². The van der Waals surface area contributed by atoms with Gasteiger partial charge < -0.3 is 9.47 Å². The molecule has 3 heteroatoms. The van der Waals surface area contributed by atoms with E-state index in [2.05, 4.69) is 41.3 Å². The molecule has 0 aromatic carbocycles. The zero-order chi connectivity index (χ0) is 19.0. The quantitative estimate of drug-likeness (QED) is 0.143. The van der Waals surface area contributed by atoms with Crippen molar-refractivity contribution < 1.29 is 9.47 Å². The second-order valence-electron chi connectivity index (χ2n) is 7.25. The van der Waals surface area contributed by atoms with Gasteiger partial charge in [0.15, 0.2) is 5.79 Å². The van der Waals surface area contributed by atoms with E-state index >= 15 is 0 Å². The van der Waals surface area contributed by atoms with Crippen molar-refractivity contribution in [1.82, 2.24) is 0 Å². The standard InChI is InChI=1S/C22H47O2P/c1-7-12-13-14-15-17-20(8-2)21(18-16-19-25-6)22(9-3,23-10-4)24-11-5/h20-21,25H,7-19H2,1-6H3. The lowest BCUT2D eigenvalue weighted by atomic mass is 9.76. The topological polar surface area (TPSA) is 18.5 Å². The molecule has 0 aliphatic carbocycles. The highest BCUT2D eigenvalue weighted by Crippen LogP contribution is 2.40. The summed E-state index contributed by atoms with van der Waals surface area (Å²) >= 11 is 0. The molecular formula is C22H47O2P. The molecule has 0 aliphatic heterocycles. The third-order valence-electron chi connectivity index (χ3n) is 5.55. The van der Waals surface area contributed by atoms with Crippen molar-refractivity contribution >= 4 is 8.58 Å². The molecule has 0 aromatic rings. The molecule has 0 amide bonds. The van der Waals surface area contributed by atoms with Crippen LogP contribution in [0.15, 0.2) is 0 Å². The minimum Gasteiger partial charge on any atom is -0.350 e. The maximum absolute atomic E-state index is 6.32. The molecule has 152 valence electrons. The van der Waals surface area contributed by atoms with Crippen LogP contribution < -0.4 is 0 Å². The first-order chi connectivity index (χ1) is 12.2. The Labute approximate surface area is 161 Å². The van der Waals surface area contributed by atoms with Gasteiger partial charge in [-0.1, -0.05) is 59.3 Å². The van der Waals surface area contributed by atoms with Crippen LogP contribution in [-0.4, -0.2) is 31.8 Å². The Hall–Kier alpha value is 0.350. The zero-order valence-corrected chi connectivity index (χ0v) is 19.2. The van der Waals surface area contributed by atoms with Crippen LogP contribution in [-0.2, 0) is 9.47 Å². The summed E-state index contributed by atoms with van der Waals surface area (Å²) in [5.74, 6) is 0.884. The summed E-state index contributed by atoms with van der Waals surface area (Å²) in [6.45, 7) is 14.9. The lowest BCUT2D eigenvalue weighted by molar-refractivity contribution is -0.276. The van der Waals surface area contributed by atoms with E-state index in [0.29, 0.717) is 5.92 Å². The van der Waals surface area contributed by atoms with Crippen molar-refractivity contribution in [1.29, 1.82) is 0 Å². The molecule has 3 unspecified atom stereocenters. The fourth-order valence-electron chi connectivity index (χ4n) is 4.22. The van der Waals surface area contributed by atoms with Gasteiger partial charge >= 0.3 is 0 Å². The summed E-state index contributed by atoms with van der Waals surface area (Å²) in [4.78, 5) is 0. The predicted octanol–water partition coefficient (Wildman–Crippen LogP) is 7.26. The van der Waals surface area contributed by atoms with Crippen LogP contribution >= 0.6 is 8.58 Å².